The van der Waals surface area contributed by atoms with Crippen molar-refractivity contribution < 1.29 is 9.53 Å². The molecule has 1 unspecified atom stereocenters. The number of hydrogen-bond acceptors (Lipinski definition) is 3. The fourth-order valence-electron chi connectivity index (χ4n) is 3.13. The Hall–Kier alpha value is -1.39. The van der Waals surface area contributed by atoms with Gasteiger partial charge in [-0.15, -0.1) is 0 Å². The van der Waals surface area contributed by atoms with Crippen LogP contribution in [0, 0.1) is 5.92 Å². The lowest BCUT2D eigenvalue weighted by atomic mass is 9.99. The third-order valence-corrected chi connectivity index (χ3v) is 4.44. The number of piperidine rings is 1. The molecule has 0 aromatic heterocycles. The van der Waals surface area contributed by atoms with E-state index in [2.05, 4.69) is 41.4 Å². The largest absolute Gasteiger partial charge is 0.378 e. The molecule has 1 aliphatic rings. The Balaban J connectivity index is 1.70. The number of ether oxygens (including phenoxy) is 1. The Morgan fingerprint density at radius 3 is 2.67 bits per heavy atom. The second-order valence-electron chi connectivity index (χ2n) is 7.25. The van der Waals surface area contributed by atoms with E-state index in [1.165, 1.54) is 31.5 Å². The van der Waals surface area contributed by atoms with Gasteiger partial charge in [-0.3, -0.25) is 9.69 Å². The molecular weight excluding hydrogens is 300 g/mol. The average Bonchev–Trinajstić information content (AvgIpc) is 2.54. The summed E-state index contributed by atoms with van der Waals surface area (Å²) in [6.07, 6.45) is 3.26. The number of carbonyl (C=O) groups excluding carboxylic acids is 1. The van der Waals surface area contributed by atoms with E-state index in [-0.39, 0.29) is 12.0 Å². The van der Waals surface area contributed by atoms with Crippen LogP contribution in [0.2, 0.25) is 0 Å². The molecule has 2 rings (SSSR count). The van der Waals surface area contributed by atoms with Crippen LogP contribution in [0.3, 0.4) is 0 Å². The molecule has 1 aromatic carbocycles. The molecule has 0 bridgehead atoms. The maximum atomic E-state index is 11.8. The van der Waals surface area contributed by atoms with Gasteiger partial charge in [0.15, 0.2) is 0 Å². The molecule has 0 spiro atoms. The Bertz CT molecular complexity index is 499. The van der Waals surface area contributed by atoms with Gasteiger partial charge in [-0.1, -0.05) is 31.2 Å². The number of rotatable bonds is 8. The van der Waals surface area contributed by atoms with E-state index in [0.717, 1.165) is 18.0 Å². The number of carbonyl (C=O) groups is 1. The van der Waals surface area contributed by atoms with Crippen LogP contribution in [0.25, 0.3) is 0 Å². The Morgan fingerprint density at radius 2 is 2.00 bits per heavy atom. The molecule has 24 heavy (non-hydrogen) atoms. The zero-order chi connectivity index (χ0) is 17.4. The molecule has 4 heteroatoms. The van der Waals surface area contributed by atoms with Crippen LogP contribution < -0.4 is 5.32 Å². The van der Waals surface area contributed by atoms with E-state index < -0.39 is 0 Å². The second-order valence-corrected chi connectivity index (χ2v) is 7.25. The summed E-state index contributed by atoms with van der Waals surface area (Å²) in [6, 6.07) is 8.60. The van der Waals surface area contributed by atoms with E-state index in [9.17, 15) is 4.79 Å². The quantitative estimate of drug-likeness (QED) is 0.794. The van der Waals surface area contributed by atoms with Crippen molar-refractivity contribution in [2.75, 3.05) is 19.7 Å². The van der Waals surface area contributed by atoms with E-state index >= 15 is 0 Å². The fraction of sp³-hybridized carbons (Fsp3) is 0.650. The summed E-state index contributed by atoms with van der Waals surface area (Å²) < 4.78 is 5.39. The molecule has 4 nitrogen and oxygen atoms in total. The Morgan fingerprint density at radius 1 is 1.29 bits per heavy atom. The van der Waals surface area contributed by atoms with Crippen LogP contribution in [-0.2, 0) is 22.6 Å². The number of hydrogen-bond donors (Lipinski definition) is 1. The van der Waals surface area contributed by atoms with E-state index in [0.29, 0.717) is 19.6 Å². The molecule has 1 aromatic rings. The van der Waals surface area contributed by atoms with Gasteiger partial charge in [0, 0.05) is 26.1 Å². The monoisotopic (exact) mass is 332 g/mol. The maximum Gasteiger partial charge on any atom is 0.222 e. The first-order valence-corrected chi connectivity index (χ1v) is 9.21. The summed E-state index contributed by atoms with van der Waals surface area (Å²) in [4.78, 5) is 14.3. The van der Waals surface area contributed by atoms with Crippen molar-refractivity contribution in [3.05, 3.63) is 35.4 Å². The minimum atomic E-state index is 0.0435. The smallest absolute Gasteiger partial charge is 0.222 e. The highest BCUT2D eigenvalue weighted by Gasteiger charge is 2.16. The van der Waals surface area contributed by atoms with E-state index in [4.69, 9.17) is 4.74 Å². The van der Waals surface area contributed by atoms with Crippen LogP contribution in [0.5, 0.6) is 0 Å². The lowest BCUT2D eigenvalue weighted by Crippen LogP contribution is -2.33. The number of nitrogens with one attached hydrogen (secondary N) is 1. The summed E-state index contributed by atoms with van der Waals surface area (Å²) in [5, 5.41) is 2.95. The first-order valence-electron chi connectivity index (χ1n) is 9.21. The molecule has 134 valence electrons. The molecule has 0 radical (unpaired) electrons. The summed E-state index contributed by atoms with van der Waals surface area (Å²) in [7, 11) is 0. The van der Waals surface area contributed by atoms with Crippen molar-refractivity contribution in [3.8, 4) is 0 Å². The molecule has 1 aliphatic heterocycles. The lowest BCUT2D eigenvalue weighted by molar-refractivity contribution is -0.122. The topological polar surface area (TPSA) is 41.6 Å². The van der Waals surface area contributed by atoms with Gasteiger partial charge in [0.1, 0.15) is 0 Å². The molecule has 0 saturated carbocycles. The summed E-state index contributed by atoms with van der Waals surface area (Å²) >= 11 is 0. The van der Waals surface area contributed by atoms with Gasteiger partial charge >= 0.3 is 0 Å². The molecule has 1 atom stereocenters. The fourth-order valence-corrected chi connectivity index (χ4v) is 3.13. The zero-order valence-corrected chi connectivity index (χ0v) is 15.4. The third kappa shape index (κ3) is 7.02. The van der Waals surface area contributed by atoms with Gasteiger partial charge in [0.05, 0.1) is 12.7 Å². The number of nitrogens with zero attached hydrogens (tertiary/aromatic N) is 1. The van der Waals surface area contributed by atoms with Gasteiger partial charge in [-0.05, 0) is 50.3 Å². The first kappa shape index (κ1) is 18.9. The van der Waals surface area contributed by atoms with E-state index in [1.54, 1.807) is 0 Å². The number of likely N-dealkylation sites (tertiary alicyclic amines) is 1. The van der Waals surface area contributed by atoms with Gasteiger partial charge in [-0.2, -0.15) is 0 Å². The van der Waals surface area contributed by atoms with Crippen LogP contribution in [0.1, 0.15) is 51.2 Å². The minimum Gasteiger partial charge on any atom is -0.378 e. The van der Waals surface area contributed by atoms with E-state index in [1.807, 2.05) is 13.8 Å². The van der Waals surface area contributed by atoms with Crippen LogP contribution >= 0.6 is 0 Å². The molecule has 1 amide bonds. The Kier molecular flexibility index (Phi) is 7.73. The predicted octanol–water partition coefficient (Wildman–Crippen LogP) is 3.35. The van der Waals surface area contributed by atoms with Crippen LogP contribution in [0.15, 0.2) is 24.3 Å². The number of benzene rings is 1. The van der Waals surface area contributed by atoms with Crippen molar-refractivity contribution in [1.29, 1.82) is 0 Å². The van der Waals surface area contributed by atoms with Gasteiger partial charge in [0.25, 0.3) is 0 Å². The van der Waals surface area contributed by atoms with Crippen molar-refractivity contribution in [2.24, 2.45) is 5.92 Å². The van der Waals surface area contributed by atoms with Crippen LogP contribution in [0.4, 0.5) is 0 Å². The molecular formula is C20H32N2O2. The standard InChI is InChI=1S/C20H32N2O2/c1-16(2)24-12-10-20(23)21-13-18-6-8-19(9-7-18)15-22-11-4-5-17(3)14-22/h6-9,16-17H,4-5,10-15H2,1-3H3,(H,21,23). The SMILES string of the molecule is CC1CCCN(Cc2ccc(CNC(=O)CCOC(C)C)cc2)C1. The molecule has 1 N–H and O–H groups in total. The molecule has 0 aliphatic carbocycles. The first-order chi connectivity index (χ1) is 11.5. The predicted molar refractivity (Wildman–Crippen MR) is 97.7 cm³/mol. The normalized spacial score (nSPS) is 18.8. The average molecular weight is 332 g/mol. The molecule has 1 saturated heterocycles. The summed E-state index contributed by atoms with van der Waals surface area (Å²) in [5.41, 5.74) is 2.49. The van der Waals surface area contributed by atoms with Crippen LogP contribution in [-0.4, -0.2) is 36.6 Å². The van der Waals surface area contributed by atoms with Gasteiger partial charge in [0.2, 0.25) is 5.91 Å². The highest BCUT2D eigenvalue weighted by Crippen LogP contribution is 2.18. The summed E-state index contributed by atoms with van der Waals surface area (Å²) in [5.74, 6) is 0.856. The van der Waals surface area contributed by atoms with Crippen molar-refractivity contribution in [1.82, 2.24) is 10.2 Å². The zero-order valence-electron chi connectivity index (χ0n) is 15.4. The number of amides is 1. The van der Waals surface area contributed by atoms with Crippen molar-refractivity contribution in [2.45, 2.75) is 59.2 Å². The third-order valence-electron chi connectivity index (χ3n) is 4.44. The van der Waals surface area contributed by atoms with Gasteiger partial charge < -0.3 is 10.1 Å². The highest BCUT2D eigenvalue weighted by molar-refractivity contribution is 5.75. The Labute approximate surface area is 146 Å². The molecule has 1 fully saturated rings. The molecule has 1 heterocycles. The highest BCUT2D eigenvalue weighted by atomic mass is 16.5. The van der Waals surface area contributed by atoms with Crippen molar-refractivity contribution in [3.63, 3.8) is 0 Å². The van der Waals surface area contributed by atoms with Gasteiger partial charge in [-0.25, -0.2) is 0 Å². The second kappa shape index (κ2) is 9.80. The summed E-state index contributed by atoms with van der Waals surface area (Å²) in [6.45, 7) is 10.8. The van der Waals surface area contributed by atoms with Crippen molar-refractivity contribution >= 4 is 5.91 Å². The lowest BCUT2D eigenvalue weighted by Gasteiger charge is -2.30. The maximum absolute atomic E-state index is 11.8. The minimum absolute atomic E-state index is 0.0435.